The van der Waals surface area contributed by atoms with Crippen LogP contribution in [0.2, 0.25) is 0 Å². The molecule has 9 nitrogen and oxygen atoms in total. The summed E-state index contributed by atoms with van der Waals surface area (Å²) in [6.45, 7) is 3.34. The fourth-order valence-electron chi connectivity index (χ4n) is 5.87. The second-order valence-electron chi connectivity index (χ2n) is 11.5. The van der Waals surface area contributed by atoms with Gasteiger partial charge in [0.25, 0.3) is 0 Å². The van der Waals surface area contributed by atoms with Crippen LogP contribution in [0.5, 0.6) is 0 Å². The number of likely N-dealkylation sites (N-methyl/N-ethyl adjacent to an activating group) is 1. The molecule has 1 aromatic heterocycles. The van der Waals surface area contributed by atoms with Gasteiger partial charge in [0.1, 0.15) is 18.2 Å². The van der Waals surface area contributed by atoms with Crippen molar-refractivity contribution in [2.45, 2.75) is 50.8 Å². The zero-order valence-electron chi connectivity index (χ0n) is 25.0. The number of aromatic nitrogens is 2. The lowest BCUT2D eigenvalue weighted by atomic mass is 9.98. The maximum atomic E-state index is 14.3. The SMILES string of the molecule is Cc1noc(C(Cc2ccc3ccccc3c2)N(C)C(=O)C(Cc2ccc3ccccc3c2)NC(=O)OC2CCNCC2)n1. The van der Waals surface area contributed by atoms with Gasteiger partial charge in [-0.25, -0.2) is 4.79 Å². The van der Waals surface area contributed by atoms with Gasteiger partial charge in [0.15, 0.2) is 5.82 Å². The number of ether oxygens (including phenoxy) is 1. The highest BCUT2D eigenvalue weighted by molar-refractivity contribution is 5.87. The van der Waals surface area contributed by atoms with Gasteiger partial charge in [-0.15, -0.1) is 0 Å². The fourth-order valence-corrected chi connectivity index (χ4v) is 5.87. The number of piperidine rings is 1. The molecule has 2 N–H and O–H groups in total. The van der Waals surface area contributed by atoms with Crippen LogP contribution in [0.3, 0.4) is 0 Å². The first-order valence-electron chi connectivity index (χ1n) is 15.1. The Kier molecular flexibility index (Phi) is 8.84. The van der Waals surface area contributed by atoms with E-state index >= 15 is 0 Å². The molecule has 0 spiro atoms. The summed E-state index contributed by atoms with van der Waals surface area (Å²) in [5.74, 6) is 0.552. The molecule has 1 aliphatic rings. The first-order valence-corrected chi connectivity index (χ1v) is 15.1. The fraction of sp³-hybridized carbons (Fsp3) is 0.314. The molecular weight excluding hydrogens is 554 g/mol. The molecule has 226 valence electrons. The van der Waals surface area contributed by atoms with E-state index in [0.717, 1.165) is 58.6 Å². The van der Waals surface area contributed by atoms with Gasteiger partial charge in [0.2, 0.25) is 11.8 Å². The summed E-state index contributed by atoms with van der Waals surface area (Å²) in [4.78, 5) is 33.6. The van der Waals surface area contributed by atoms with Crippen molar-refractivity contribution in [3.63, 3.8) is 0 Å². The third-order valence-corrected chi connectivity index (χ3v) is 8.29. The Hall–Kier alpha value is -4.76. The van der Waals surface area contributed by atoms with Gasteiger partial charge in [0.05, 0.1) is 0 Å². The van der Waals surface area contributed by atoms with Gasteiger partial charge < -0.3 is 24.8 Å². The minimum Gasteiger partial charge on any atom is -0.446 e. The maximum Gasteiger partial charge on any atom is 0.408 e. The van der Waals surface area contributed by atoms with Crippen molar-refractivity contribution in [2.24, 2.45) is 0 Å². The first kappa shape index (κ1) is 29.3. The summed E-state index contributed by atoms with van der Waals surface area (Å²) >= 11 is 0. The second-order valence-corrected chi connectivity index (χ2v) is 11.5. The number of hydrogen-bond acceptors (Lipinski definition) is 7. The van der Waals surface area contributed by atoms with Crippen LogP contribution in [0.1, 0.15) is 41.7 Å². The molecule has 0 saturated carbocycles. The van der Waals surface area contributed by atoms with Crippen molar-refractivity contribution in [3.05, 3.63) is 108 Å². The van der Waals surface area contributed by atoms with Crippen molar-refractivity contribution in [1.29, 1.82) is 0 Å². The molecule has 0 bridgehead atoms. The van der Waals surface area contributed by atoms with Crippen molar-refractivity contribution < 1.29 is 18.8 Å². The lowest BCUT2D eigenvalue weighted by Crippen LogP contribution is -2.50. The van der Waals surface area contributed by atoms with Crippen molar-refractivity contribution in [1.82, 2.24) is 25.7 Å². The van der Waals surface area contributed by atoms with E-state index in [9.17, 15) is 9.59 Å². The number of aryl methyl sites for hydroxylation is 1. The number of nitrogens with zero attached hydrogens (tertiary/aromatic N) is 3. The zero-order chi connectivity index (χ0) is 30.5. The summed E-state index contributed by atoms with van der Waals surface area (Å²) in [7, 11) is 1.72. The van der Waals surface area contributed by atoms with Crippen LogP contribution in [0, 0.1) is 6.92 Å². The third kappa shape index (κ3) is 6.89. The normalized spacial score (nSPS) is 15.1. The van der Waals surface area contributed by atoms with Crippen LogP contribution in [0.25, 0.3) is 21.5 Å². The molecule has 1 saturated heterocycles. The van der Waals surface area contributed by atoms with Crippen LogP contribution in [0.4, 0.5) is 4.79 Å². The number of benzene rings is 4. The molecule has 0 radical (unpaired) electrons. The molecule has 6 rings (SSSR count). The van der Waals surface area contributed by atoms with Crippen LogP contribution >= 0.6 is 0 Å². The zero-order valence-corrected chi connectivity index (χ0v) is 25.0. The summed E-state index contributed by atoms with van der Waals surface area (Å²) in [6, 6.07) is 27.1. The number of amides is 2. The lowest BCUT2D eigenvalue weighted by molar-refractivity contribution is -0.134. The van der Waals surface area contributed by atoms with E-state index in [1.54, 1.807) is 18.9 Å². The highest BCUT2D eigenvalue weighted by atomic mass is 16.6. The maximum absolute atomic E-state index is 14.3. The van der Waals surface area contributed by atoms with Crippen LogP contribution < -0.4 is 10.6 Å². The molecule has 1 aliphatic heterocycles. The first-order chi connectivity index (χ1) is 21.4. The average Bonchev–Trinajstić information content (AvgIpc) is 3.48. The molecule has 2 heterocycles. The van der Waals surface area contributed by atoms with Crippen LogP contribution in [-0.2, 0) is 22.4 Å². The molecular formula is C35H37N5O4. The number of alkyl carbamates (subject to hydrolysis) is 1. The van der Waals surface area contributed by atoms with E-state index in [1.807, 2.05) is 48.5 Å². The van der Waals surface area contributed by atoms with Gasteiger partial charge >= 0.3 is 6.09 Å². The molecule has 9 heteroatoms. The van der Waals surface area contributed by atoms with Gasteiger partial charge in [0, 0.05) is 19.9 Å². The van der Waals surface area contributed by atoms with Gasteiger partial charge in [-0.3, -0.25) is 4.79 Å². The number of hydrogen-bond donors (Lipinski definition) is 2. The Morgan fingerprint density at radius 1 is 0.909 bits per heavy atom. The Labute approximate surface area is 256 Å². The molecule has 0 aliphatic carbocycles. The molecule has 1 fully saturated rings. The van der Waals surface area contributed by atoms with Gasteiger partial charge in [-0.05, 0) is 65.5 Å². The Morgan fingerprint density at radius 2 is 1.50 bits per heavy atom. The monoisotopic (exact) mass is 591 g/mol. The quantitative estimate of drug-likeness (QED) is 0.232. The molecule has 2 atom stereocenters. The van der Waals surface area contributed by atoms with Gasteiger partial charge in [-0.1, -0.05) is 90.1 Å². The standard InChI is InChI=1S/C35H37N5O4/c1-23-37-33(44-39-23)32(22-25-12-14-27-8-4-6-10-29(27)20-25)40(2)34(41)31(38-35(42)43-30-15-17-36-18-16-30)21-24-11-13-26-7-3-5-9-28(26)19-24/h3-14,19-20,30-32,36H,15-18,21-22H2,1-2H3,(H,38,42). The molecule has 2 unspecified atom stereocenters. The van der Waals surface area contributed by atoms with Crippen LogP contribution in [0.15, 0.2) is 89.5 Å². The van der Waals surface area contributed by atoms with E-state index in [0.29, 0.717) is 24.6 Å². The number of rotatable bonds is 9. The van der Waals surface area contributed by atoms with E-state index in [-0.39, 0.29) is 12.0 Å². The van der Waals surface area contributed by atoms with E-state index in [4.69, 9.17) is 9.26 Å². The average molecular weight is 592 g/mol. The van der Waals surface area contributed by atoms with E-state index in [2.05, 4.69) is 57.2 Å². The summed E-state index contributed by atoms with van der Waals surface area (Å²) < 4.78 is 11.4. The predicted molar refractivity (Wildman–Crippen MR) is 169 cm³/mol. The van der Waals surface area contributed by atoms with E-state index in [1.165, 1.54) is 0 Å². The highest BCUT2D eigenvalue weighted by Crippen LogP contribution is 2.27. The number of carbonyl (C=O) groups is 2. The highest BCUT2D eigenvalue weighted by Gasteiger charge is 2.33. The molecule has 4 aromatic carbocycles. The summed E-state index contributed by atoms with van der Waals surface area (Å²) in [5.41, 5.74) is 1.95. The Balaban J connectivity index is 1.28. The van der Waals surface area contributed by atoms with Crippen molar-refractivity contribution in [3.8, 4) is 0 Å². The van der Waals surface area contributed by atoms with Crippen molar-refractivity contribution >= 4 is 33.5 Å². The largest absolute Gasteiger partial charge is 0.446 e. The number of nitrogens with one attached hydrogen (secondary N) is 2. The number of fused-ring (bicyclic) bond motifs is 2. The topological polar surface area (TPSA) is 110 Å². The predicted octanol–water partition coefficient (Wildman–Crippen LogP) is 5.52. The van der Waals surface area contributed by atoms with E-state index < -0.39 is 18.2 Å². The summed E-state index contributed by atoms with van der Waals surface area (Å²) in [6.07, 6.45) is 1.44. The molecule has 5 aromatic rings. The molecule has 44 heavy (non-hydrogen) atoms. The summed E-state index contributed by atoms with van der Waals surface area (Å²) in [5, 5.41) is 14.6. The van der Waals surface area contributed by atoms with Crippen molar-refractivity contribution in [2.75, 3.05) is 20.1 Å². The Bertz CT molecular complexity index is 1760. The second kappa shape index (κ2) is 13.3. The minimum absolute atomic E-state index is 0.188. The van der Waals surface area contributed by atoms with Gasteiger partial charge in [-0.2, -0.15) is 4.98 Å². The molecule has 2 amide bonds. The smallest absolute Gasteiger partial charge is 0.408 e. The minimum atomic E-state index is -0.876. The third-order valence-electron chi connectivity index (χ3n) is 8.29. The lowest BCUT2D eigenvalue weighted by Gasteiger charge is -2.30. The number of carbonyl (C=O) groups excluding carboxylic acids is 2. The Morgan fingerprint density at radius 3 is 2.09 bits per heavy atom. The van der Waals surface area contributed by atoms with Crippen LogP contribution in [-0.4, -0.2) is 59.3 Å².